The molecule has 4 N–H and O–H groups in total. The molecule has 78 valence electrons. The van der Waals surface area contributed by atoms with E-state index in [2.05, 4.69) is 0 Å². The summed E-state index contributed by atoms with van der Waals surface area (Å²) in [6.45, 7) is 3.79. The topological polar surface area (TPSA) is 52.0 Å². The van der Waals surface area contributed by atoms with Gasteiger partial charge in [0.25, 0.3) is 0 Å². The molecule has 1 rings (SSSR count). The van der Waals surface area contributed by atoms with E-state index < -0.39 is 11.6 Å². The van der Waals surface area contributed by atoms with E-state index in [-0.39, 0.29) is 17.6 Å². The molecule has 1 aromatic carbocycles. The first-order chi connectivity index (χ1) is 6.43. The van der Waals surface area contributed by atoms with Crippen LogP contribution in [-0.2, 0) is 0 Å². The second-order valence-electron chi connectivity index (χ2n) is 3.67. The Kier molecular flexibility index (Phi) is 3.06. The molecule has 1 unspecified atom stereocenters. The number of hydrogen-bond acceptors (Lipinski definition) is 2. The quantitative estimate of drug-likeness (QED) is 0.719. The normalized spacial score (nSPS) is 13.3. The Balaban J connectivity index is 3.15. The zero-order valence-corrected chi connectivity index (χ0v) is 8.22. The summed E-state index contributed by atoms with van der Waals surface area (Å²) in [5.74, 6) is -1.73. The molecule has 0 fully saturated rings. The first kappa shape index (κ1) is 10.9. The summed E-state index contributed by atoms with van der Waals surface area (Å²) in [6, 6.07) is 1.66. The molecule has 0 bridgehead atoms. The molecule has 14 heavy (non-hydrogen) atoms. The molecule has 0 aliphatic heterocycles. The Bertz CT molecular complexity index is 337. The summed E-state index contributed by atoms with van der Waals surface area (Å²) in [5.41, 5.74) is 12.0. The van der Waals surface area contributed by atoms with Gasteiger partial charge in [-0.2, -0.15) is 0 Å². The van der Waals surface area contributed by atoms with Gasteiger partial charge in [-0.3, -0.25) is 0 Å². The number of anilines is 1. The van der Waals surface area contributed by atoms with Crippen LogP contribution in [0.3, 0.4) is 0 Å². The van der Waals surface area contributed by atoms with Crippen molar-refractivity contribution in [1.29, 1.82) is 0 Å². The highest BCUT2D eigenvalue weighted by molar-refractivity contribution is 5.49. The van der Waals surface area contributed by atoms with Crippen molar-refractivity contribution in [3.05, 3.63) is 29.3 Å². The summed E-state index contributed by atoms with van der Waals surface area (Å²) in [7, 11) is 0. The van der Waals surface area contributed by atoms with Gasteiger partial charge in [0.05, 0.1) is 0 Å². The maximum Gasteiger partial charge on any atom is 0.160 e. The van der Waals surface area contributed by atoms with Crippen LogP contribution in [0.2, 0.25) is 0 Å². The molecule has 1 atom stereocenters. The van der Waals surface area contributed by atoms with Crippen molar-refractivity contribution in [2.75, 3.05) is 5.73 Å². The predicted molar refractivity (Wildman–Crippen MR) is 52.5 cm³/mol. The van der Waals surface area contributed by atoms with E-state index in [9.17, 15) is 8.78 Å². The molecule has 4 heteroatoms. The highest BCUT2D eigenvalue weighted by Crippen LogP contribution is 2.26. The van der Waals surface area contributed by atoms with Gasteiger partial charge in [-0.05, 0) is 17.5 Å². The summed E-state index contributed by atoms with van der Waals surface area (Å²) in [4.78, 5) is 0. The number of rotatable bonds is 2. The lowest BCUT2D eigenvalue weighted by molar-refractivity contribution is 0.489. The second-order valence-corrected chi connectivity index (χ2v) is 3.67. The van der Waals surface area contributed by atoms with Crippen molar-refractivity contribution in [1.82, 2.24) is 0 Å². The Labute approximate surface area is 81.9 Å². The third-order valence-electron chi connectivity index (χ3n) is 2.20. The zero-order chi connectivity index (χ0) is 10.9. The molecule has 1 aromatic rings. The van der Waals surface area contributed by atoms with Crippen LogP contribution < -0.4 is 11.5 Å². The lowest BCUT2D eigenvalue weighted by Crippen LogP contribution is -2.18. The van der Waals surface area contributed by atoms with E-state index in [0.717, 1.165) is 12.1 Å². The maximum atomic E-state index is 12.9. The van der Waals surface area contributed by atoms with Crippen molar-refractivity contribution >= 4 is 5.69 Å². The number of hydrogen-bond donors (Lipinski definition) is 2. The third kappa shape index (κ3) is 2.01. The average molecular weight is 200 g/mol. The smallest absolute Gasteiger partial charge is 0.160 e. The molecule has 0 saturated carbocycles. The largest absolute Gasteiger partial charge is 0.398 e. The third-order valence-corrected chi connectivity index (χ3v) is 2.20. The lowest BCUT2D eigenvalue weighted by Gasteiger charge is -2.18. The van der Waals surface area contributed by atoms with Crippen molar-refractivity contribution < 1.29 is 8.78 Å². The second kappa shape index (κ2) is 3.92. The minimum atomic E-state index is -0.942. The van der Waals surface area contributed by atoms with Gasteiger partial charge in [0.1, 0.15) is 0 Å². The average Bonchev–Trinajstić information content (AvgIpc) is 2.10. The van der Waals surface area contributed by atoms with E-state index in [0.29, 0.717) is 5.56 Å². The van der Waals surface area contributed by atoms with Crippen molar-refractivity contribution in [2.45, 2.75) is 19.9 Å². The number of halogens is 2. The summed E-state index contributed by atoms with van der Waals surface area (Å²) >= 11 is 0. The van der Waals surface area contributed by atoms with Gasteiger partial charge in [0.15, 0.2) is 11.6 Å². The Morgan fingerprint density at radius 3 is 2.14 bits per heavy atom. The van der Waals surface area contributed by atoms with Gasteiger partial charge in [-0.25, -0.2) is 8.78 Å². The summed E-state index contributed by atoms with van der Waals surface area (Å²) in [6.07, 6.45) is 0. The minimum Gasteiger partial charge on any atom is -0.398 e. The van der Waals surface area contributed by atoms with Gasteiger partial charge in [-0.1, -0.05) is 13.8 Å². The van der Waals surface area contributed by atoms with Crippen molar-refractivity contribution in [2.24, 2.45) is 11.7 Å². The minimum absolute atomic E-state index is 0.127. The molecule has 0 aliphatic carbocycles. The number of nitrogens with two attached hydrogens (primary N) is 2. The van der Waals surface area contributed by atoms with E-state index in [4.69, 9.17) is 11.5 Å². The van der Waals surface area contributed by atoms with Crippen LogP contribution >= 0.6 is 0 Å². The van der Waals surface area contributed by atoms with Crippen LogP contribution in [0.5, 0.6) is 0 Å². The number of benzene rings is 1. The highest BCUT2D eigenvalue weighted by Gasteiger charge is 2.16. The molecular formula is C10H14F2N2. The van der Waals surface area contributed by atoms with Crippen LogP contribution in [0, 0.1) is 17.6 Å². The van der Waals surface area contributed by atoms with Gasteiger partial charge in [-0.15, -0.1) is 0 Å². The Morgan fingerprint density at radius 1 is 1.14 bits per heavy atom. The predicted octanol–water partition coefficient (Wildman–Crippen LogP) is 2.20. The monoisotopic (exact) mass is 200 g/mol. The molecule has 0 aliphatic rings. The maximum absolute atomic E-state index is 12.9. The first-order valence-electron chi connectivity index (χ1n) is 4.43. The van der Waals surface area contributed by atoms with E-state index in [1.165, 1.54) is 0 Å². The van der Waals surface area contributed by atoms with Crippen molar-refractivity contribution in [3.8, 4) is 0 Å². The lowest BCUT2D eigenvalue weighted by atomic mass is 9.95. The molecule has 0 spiro atoms. The van der Waals surface area contributed by atoms with E-state index in [1.54, 1.807) is 0 Å². The van der Waals surface area contributed by atoms with Crippen molar-refractivity contribution in [3.63, 3.8) is 0 Å². The molecule has 0 radical (unpaired) electrons. The summed E-state index contributed by atoms with van der Waals surface area (Å²) < 4.78 is 25.6. The van der Waals surface area contributed by atoms with Gasteiger partial charge >= 0.3 is 0 Å². The standard InChI is InChI=1S/C10H14F2N2/c1-5(2)10(14)6-3-7(11)8(12)4-9(6)13/h3-5,10H,13-14H2,1-2H3. The van der Waals surface area contributed by atoms with E-state index in [1.807, 2.05) is 13.8 Å². The molecule has 0 amide bonds. The zero-order valence-electron chi connectivity index (χ0n) is 8.22. The fourth-order valence-corrected chi connectivity index (χ4v) is 1.23. The fraction of sp³-hybridized carbons (Fsp3) is 0.400. The molecular weight excluding hydrogens is 186 g/mol. The van der Waals surface area contributed by atoms with Crippen LogP contribution in [-0.4, -0.2) is 0 Å². The fourth-order valence-electron chi connectivity index (χ4n) is 1.23. The van der Waals surface area contributed by atoms with Gasteiger partial charge in [0, 0.05) is 17.8 Å². The Hall–Kier alpha value is -1.16. The molecule has 0 heterocycles. The number of nitrogen functional groups attached to an aromatic ring is 1. The van der Waals surface area contributed by atoms with Crippen LogP contribution in [0.15, 0.2) is 12.1 Å². The Morgan fingerprint density at radius 2 is 1.64 bits per heavy atom. The molecule has 0 aromatic heterocycles. The SMILES string of the molecule is CC(C)C(N)c1cc(F)c(F)cc1N. The highest BCUT2D eigenvalue weighted by atomic mass is 19.2. The molecule has 2 nitrogen and oxygen atoms in total. The van der Waals surface area contributed by atoms with Gasteiger partial charge < -0.3 is 11.5 Å². The summed E-state index contributed by atoms with van der Waals surface area (Å²) in [5, 5.41) is 0. The van der Waals surface area contributed by atoms with Crippen LogP contribution in [0.1, 0.15) is 25.5 Å². The van der Waals surface area contributed by atoms with Crippen LogP contribution in [0.4, 0.5) is 14.5 Å². The van der Waals surface area contributed by atoms with Crippen LogP contribution in [0.25, 0.3) is 0 Å². The molecule has 0 saturated heterocycles. The van der Waals surface area contributed by atoms with Gasteiger partial charge in [0.2, 0.25) is 0 Å². The van der Waals surface area contributed by atoms with E-state index >= 15 is 0 Å². The first-order valence-corrected chi connectivity index (χ1v) is 4.43.